The van der Waals surface area contributed by atoms with Crippen LogP contribution in [-0.2, 0) is 0 Å². The van der Waals surface area contributed by atoms with Crippen LogP contribution in [0.1, 0.15) is 30.4 Å². The largest absolute Gasteiger partial charge is 0.493 e. The van der Waals surface area contributed by atoms with Gasteiger partial charge in [-0.1, -0.05) is 30.4 Å². The fraction of sp³-hybridized carbons (Fsp3) is 0.270. The van der Waals surface area contributed by atoms with Crippen LogP contribution in [0.5, 0.6) is 40.2 Å². The van der Waals surface area contributed by atoms with E-state index >= 15 is 0 Å². The number of thiazole rings is 1. The summed E-state index contributed by atoms with van der Waals surface area (Å²) in [5.41, 5.74) is 3.90. The van der Waals surface area contributed by atoms with E-state index in [4.69, 9.17) is 38.1 Å². The Morgan fingerprint density at radius 1 is 0.565 bits per heavy atom. The molecule has 0 bridgehead atoms. The van der Waals surface area contributed by atoms with Gasteiger partial charge in [-0.05, 0) is 85.0 Å². The number of rotatable bonds is 16. The zero-order valence-electron chi connectivity index (χ0n) is 26.8. The van der Waals surface area contributed by atoms with Crippen LogP contribution in [0.3, 0.4) is 0 Å². The normalized spacial score (nSPS) is 11.1. The first-order chi connectivity index (χ1) is 22.6. The fourth-order valence-corrected chi connectivity index (χ4v) is 5.93. The monoisotopic (exact) mass is 641 g/mol. The Morgan fingerprint density at radius 2 is 1.15 bits per heavy atom. The molecule has 0 N–H and O–H groups in total. The maximum Gasteiger partial charge on any atom is 0.203 e. The molecule has 0 spiro atoms. The van der Waals surface area contributed by atoms with Gasteiger partial charge < -0.3 is 33.2 Å². The average Bonchev–Trinajstić information content (AvgIpc) is 3.54. The van der Waals surface area contributed by atoms with E-state index < -0.39 is 0 Å². The van der Waals surface area contributed by atoms with Crippen LogP contribution in [-0.4, -0.2) is 53.7 Å². The summed E-state index contributed by atoms with van der Waals surface area (Å²) in [6.45, 7) is 1.14. The zero-order valence-corrected chi connectivity index (χ0v) is 27.6. The van der Waals surface area contributed by atoms with Gasteiger partial charge in [-0.2, -0.15) is 0 Å². The second-order valence-corrected chi connectivity index (χ2v) is 11.3. The smallest absolute Gasteiger partial charge is 0.203 e. The molecule has 4 aromatic carbocycles. The summed E-state index contributed by atoms with van der Waals surface area (Å²) >= 11 is 1.67. The predicted molar refractivity (Wildman–Crippen MR) is 184 cm³/mol. The number of para-hydroxylation sites is 1. The van der Waals surface area contributed by atoms with E-state index in [1.165, 1.54) is 0 Å². The van der Waals surface area contributed by atoms with E-state index in [1.54, 1.807) is 46.9 Å². The van der Waals surface area contributed by atoms with Crippen LogP contribution in [0.4, 0.5) is 0 Å². The van der Waals surface area contributed by atoms with Gasteiger partial charge in [0.25, 0.3) is 0 Å². The highest BCUT2D eigenvalue weighted by atomic mass is 32.1. The van der Waals surface area contributed by atoms with Gasteiger partial charge in [0.2, 0.25) is 5.75 Å². The van der Waals surface area contributed by atoms with Crippen molar-refractivity contribution in [1.82, 2.24) is 4.98 Å². The third-order valence-corrected chi connectivity index (χ3v) is 8.44. The topological polar surface area (TPSA) is 77.5 Å². The molecule has 46 heavy (non-hydrogen) atoms. The lowest BCUT2D eigenvalue weighted by molar-refractivity contribution is 0.264. The molecule has 0 aliphatic heterocycles. The molecular weight excluding hydrogens is 602 g/mol. The average molecular weight is 642 g/mol. The summed E-state index contributed by atoms with van der Waals surface area (Å²) in [6, 6.07) is 23.8. The van der Waals surface area contributed by atoms with Crippen molar-refractivity contribution in [2.24, 2.45) is 0 Å². The molecule has 0 fully saturated rings. The molecule has 0 saturated heterocycles. The van der Waals surface area contributed by atoms with E-state index in [1.807, 2.05) is 78.9 Å². The van der Waals surface area contributed by atoms with E-state index in [9.17, 15) is 0 Å². The lowest BCUT2D eigenvalue weighted by atomic mass is 10.1. The van der Waals surface area contributed by atoms with Gasteiger partial charge in [0.15, 0.2) is 34.5 Å². The maximum atomic E-state index is 6.15. The second-order valence-electron chi connectivity index (χ2n) is 10.3. The quantitative estimate of drug-likeness (QED) is 0.0782. The minimum absolute atomic E-state index is 0.559. The SMILES string of the molecule is COc1ccc(C=Cc2cc(OC)c(OC)c(OC)c2)cc1OCCCCCOc1cc(-c2nc3ccccc3s2)ccc1OC. The van der Waals surface area contributed by atoms with Gasteiger partial charge in [0, 0.05) is 5.56 Å². The molecule has 0 aliphatic rings. The Kier molecular flexibility index (Phi) is 11.2. The summed E-state index contributed by atoms with van der Waals surface area (Å²) in [5.74, 6) is 4.57. The summed E-state index contributed by atoms with van der Waals surface area (Å²) in [6.07, 6.45) is 6.70. The number of unbranched alkanes of at least 4 members (excludes halogenated alkanes) is 2. The number of hydrogen-bond donors (Lipinski definition) is 0. The van der Waals surface area contributed by atoms with E-state index in [0.29, 0.717) is 47.7 Å². The van der Waals surface area contributed by atoms with Crippen molar-refractivity contribution in [3.8, 4) is 50.8 Å². The van der Waals surface area contributed by atoms with Gasteiger partial charge in [-0.15, -0.1) is 11.3 Å². The number of hydrogen-bond acceptors (Lipinski definition) is 9. The van der Waals surface area contributed by atoms with Gasteiger partial charge >= 0.3 is 0 Å². The molecule has 0 amide bonds. The van der Waals surface area contributed by atoms with Gasteiger partial charge in [0.1, 0.15) is 5.01 Å². The van der Waals surface area contributed by atoms with Crippen LogP contribution in [0.15, 0.2) is 72.8 Å². The molecule has 5 aromatic rings. The van der Waals surface area contributed by atoms with Crippen molar-refractivity contribution in [1.29, 1.82) is 0 Å². The first-order valence-corrected chi connectivity index (χ1v) is 15.8. The van der Waals surface area contributed by atoms with E-state index in [-0.39, 0.29) is 0 Å². The summed E-state index contributed by atoms with van der Waals surface area (Å²) < 4.78 is 40.9. The number of nitrogens with zero attached hydrogens (tertiary/aromatic N) is 1. The Bertz CT molecular complexity index is 1720. The molecule has 5 rings (SSSR count). The molecule has 8 nitrogen and oxygen atoms in total. The lowest BCUT2D eigenvalue weighted by Crippen LogP contribution is -2.03. The molecule has 1 aromatic heterocycles. The molecule has 0 unspecified atom stereocenters. The molecule has 0 atom stereocenters. The number of aromatic nitrogens is 1. The Morgan fingerprint density at radius 3 is 1.78 bits per heavy atom. The van der Waals surface area contributed by atoms with Crippen molar-refractivity contribution in [2.45, 2.75) is 19.3 Å². The molecule has 9 heteroatoms. The standard InChI is InChI=1S/C37H39NO7S/c1-39-29-17-15-25(13-14-26-22-33(41-3)36(43-5)34(23-26)42-4)21-31(29)44-19-9-6-10-20-45-32-24-27(16-18-30(32)40-2)37-38-28-11-7-8-12-35(28)46-37/h7-8,11-18,21-24H,6,9-10,19-20H2,1-5H3. The molecule has 1 heterocycles. The van der Waals surface area contributed by atoms with E-state index in [2.05, 4.69) is 6.07 Å². The van der Waals surface area contributed by atoms with Crippen molar-refractivity contribution in [3.63, 3.8) is 0 Å². The third-order valence-electron chi connectivity index (χ3n) is 7.35. The zero-order chi connectivity index (χ0) is 32.3. The number of methoxy groups -OCH3 is 5. The van der Waals surface area contributed by atoms with E-state index in [0.717, 1.165) is 56.9 Å². The highest BCUT2D eigenvalue weighted by Gasteiger charge is 2.13. The summed E-state index contributed by atoms with van der Waals surface area (Å²) in [4.78, 5) is 4.78. The van der Waals surface area contributed by atoms with Crippen LogP contribution in [0.25, 0.3) is 32.9 Å². The summed E-state index contributed by atoms with van der Waals surface area (Å²) in [5, 5.41) is 0.960. The van der Waals surface area contributed by atoms with Crippen molar-refractivity contribution in [2.75, 3.05) is 48.8 Å². The number of benzene rings is 4. The Balaban J connectivity index is 1.13. The molecule has 0 saturated carbocycles. The minimum Gasteiger partial charge on any atom is -0.493 e. The molecule has 0 aliphatic carbocycles. The van der Waals surface area contributed by atoms with Crippen molar-refractivity contribution in [3.05, 3.63) is 83.9 Å². The highest BCUT2D eigenvalue weighted by Crippen LogP contribution is 2.39. The van der Waals surface area contributed by atoms with Gasteiger partial charge in [0.05, 0.1) is 59.0 Å². The maximum absolute atomic E-state index is 6.15. The Labute approximate surface area is 274 Å². The Hall–Kier alpha value is -4.89. The van der Waals surface area contributed by atoms with Gasteiger partial charge in [-0.25, -0.2) is 4.98 Å². The highest BCUT2D eigenvalue weighted by molar-refractivity contribution is 7.21. The van der Waals surface area contributed by atoms with Crippen LogP contribution >= 0.6 is 11.3 Å². The molecular formula is C37H39NO7S. The second kappa shape index (κ2) is 15.9. The van der Waals surface area contributed by atoms with Crippen LogP contribution in [0.2, 0.25) is 0 Å². The first kappa shape index (κ1) is 32.5. The molecule has 240 valence electrons. The number of ether oxygens (including phenoxy) is 7. The fourth-order valence-electron chi connectivity index (χ4n) is 4.96. The third kappa shape index (κ3) is 7.84. The summed E-state index contributed by atoms with van der Waals surface area (Å²) in [7, 11) is 8.10. The van der Waals surface area contributed by atoms with Crippen molar-refractivity contribution >= 4 is 33.7 Å². The first-order valence-electron chi connectivity index (χ1n) is 15.0. The van der Waals surface area contributed by atoms with Crippen molar-refractivity contribution < 1.29 is 33.2 Å². The predicted octanol–water partition coefficient (Wildman–Crippen LogP) is 8.80. The molecule has 0 radical (unpaired) electrons. The minimum atomic E-state index is 0.559. The van der Waals surface area contributed by atoms with Crippen LogP contribution < -0.4 is 33.2 Å². The number of fused-ring (bicyclic) bond motifs is 1. The van der Waals surface area contributed by atoms with Crippen LogP contribution in [0, 0.1) is 0 Å². The van der Waals surface area contributed by atoms with Gasteiger partial charge in [-0.3, -0.25) is 0 Å². The lowest BCUT2D eigenvalue weighted by Gasteiger charge is -2.13.